The SMILES string of the molecule is CC1CCN(C(=O)NC2CCC(C(=O)O)CC2)CC12CCCCC2. The van der Waals surface area contributed by atoms with Gasteiger partial charge in [-0.15, -0.1) is 0 Å². The summed E-state index contributed by atoms with van der Waals surface area (Å²) >= 11 is 0. The normalized spacial score (nSPS) is 33.2. The number of hydrogen-bond acceptors (Lipinski definition) is 2. The number of piperidine rings is 1. The Bertz CT molecular complexity index is 465. The number of carboxylic acid groups (broad SMARTS) is 1. The van der Waals surface area contributed by atoms with Gasteiger partial charge in [0, 0.05) is 19.1 Å². The van der Waals surface area contributed by atoms with E-state index < -0.39 is 5.97 Å². The second-order valence-electron chi connectivity index (χ2n) is 8.37. The lowest BCUT2D eigenvalue weighted by atomic mass is 9.63. The highest BCUT2D eigenvalue weighted by molar-refractivity contribution is 5.75. The van der Waals surface area contributed by atoms with Gasteiger partial charge in [-0.2, -0.15) is 0 Å². The number of urea groups is 1. The van der Waals surface area contributed by atoms with Crippen LogP contribution in [-0.4, -0.2) is 41.1 Å². The number of aliphatic carboxylic acids is 1. The minimum atomic E-state index is -0.691. The number of amides is 2. The van der Waals surface area contributed by atoms with Crippen molar-refractivity contribution in [3.63, 3.8) is 0 Å². The van der Waals surface area contributed by atoms with Gasteiger partial charge in [-0.05, 0) is 56.3 Å². The van der Waals surface area contributed by atoms with Gasteiger partial charge in [0.1, 0.15) is 0 Å². The number of rotatable bonds is 2. The Hall–Kier alpha value is -1.26. The van der Waals surface area contributed by atoms with Gasteiger partial charge < -0.3 is 15.3 Å². The van der Waals surface area contributed by atoms with Gasteiger partial charge in [-0.25, -0.2) is 4.79 Å². The Morgan fingerprint density at radius 1 is 1.04 bits per heavy atom. The molecule has 0 bridgehead atoms. The van der Waals surface area contributed by atoms with Crippen molar-refractivity contribution in [3.8, 4) is 0 Å². The molecule has 2 saturated carbocycles. The summed E-state index contributed by atoms with van der Waals surface area (Å²) in [6.45, 7) is 4.14. The van der Waals surface area contributed by atoms with Gasteiger partial charge in [-0.3, -0.25) is 4.79 Å². The molecule has 24 heavy (non-hydrogen) atoms. The first-order valence-corrected chi connectivity index (χ1v) is 9.78. The third kappa shape index (κ3) is 3.70. The van der Waals surface area contributed by atoms with Crippen molar-refractivity contribution in [2.24, 2.45) is 17.3 Å². The third-order valence-electron chi connectivity index (χ3n) is 6.92. The molecular formula is C19H32N2O3. The van der Waals surface area contributed by atoms with Crippen molar-refractivity contribution < 1.29 is 14.7 Å². The standard InChI is InChI=1S/C19H32N2O3/c1-14-9-12-21(13-19(14)10-3-2-4-11-19)18(24)20-16-7-5-15(6-8-16)17(22)23/h14-16H,2-13H2,1H3,(H,20,24)(H,22,23). The zero-order valence-corrected chi connectivity index (χ0v) is 14.9. The summed E-state index contributed by atoms with van der Waals surface area (Å²) in [5, 5.41) is 12.3. The molecule has 3 aliphatic rings. The Morgan fingerprint density at radius 3 is 2.33 bits per heavy atom. The molecule has 3 rings (SSSR count). The van der Waals surface area contributed by atoms with Crippen LogP contribution in [0, 0.1) is 17.3 Å². The van der Waals surface area contributed by atoms with E-state index in [1.807, 2.05) is 4.90 Å². The van der Waals surface area contributed by atoms with E-state index in [0.29, 0.717) is 24.2 Å². The van der Waals surface area contributed by atoms with E-state index in [1.165, 1.54) is 32.1 Å². The topological polar surface area (TPSA) is 69.6 Å². The highest BCUT2D eigenvalue weighted by atomic mass is 16.4. The first kappa shape index (κ1) is 17.6. The molecule has 0 aromatic heterocycles. The summed E-state index contributed by atoms with van der Waals surface area (Å²) in [5.41, 5.74) is 0.342. The van der Waals surface area contributed by atoms with Gasteiger partial charge >= 0.3 is 12.0 Å². The number of nitrogens with one attached hydrogen (secondary N) is 1. The van der Waals surface area contributed by atoms with Gasteiger partial charge in [0.25, 0.3) is 0 Å². The van der Waals surface area contributed by atoms with Gasteiger partial charge in [0.2, 0.25) is 0 Å². The largest absolute Gasteiger partial charge is 0.481 e. The van der Waals surface area contributed by atoms with E-state index >= 15 is 0 Å². The molecule has 136 valence electrons. The fourth-order valence-corrected chi connectivity index (χ4v) is 5.10. The second kappa shape index (κ2) is 7.32. The van der Waals surface area contributed by atoms with Crippen LogP contribution in [0.5, 0.6) is 0 Å². The van der Waals surface area contributed by atoms with E-state index in [-0.39, 0.29) is 18.0 Å². The zero-order valence-electron chi connectivity index (χ0n) is 14.9. The lowest BCUT2D eigenvalue weighted by molar-refractivity contribution is -0.142. The van der Waals surface area contributed by atoms with E-state index in [0.717, 1.165) is 32.4 Å². The van der Waals surface area contributed by atoms with E-state index in [2.05, 4.69) is 12.2 Å². The molecule has 2 aliphatic carbocycles. The molecule has 1 saturated heterocycles. The van der Waals surface area contributed by atoms with Crippen LogP contribution in [0.4, 0.5) is 4.79 Å². The van der Waals surface area contributed by atoms with Crippen LogP contribution in [0.2, 0.25) is 0 Å². The van der Waals surface area contributed by atoms with E-state index in [9.17, 15) is 9.59 Å². The lowest BCUT2D eigenvalue weighted by Gasteiger charge is -2.49. The maximum absolute atomic E-state index is 12.7. The fourth-order valence-electron chi connectivity index (χ4n) is 5.10. The van der Waals surface area contributed by atoms with E-state index in [4.69, 9.17) is 5.11 Å². The molecule has 1 unspecified atom stereocenters. The molecule has 5 nitrogen and oxygen atoms in total. The maximum atomic E-state index is 12.7. The minimum absolute atomic E-state index is 0.0747. The molecule has 2 amide bonds. The number of carbonyl (C=O) groups is 2. The van der Waals surface area contributed by atoms with Crippen molar-refractivity contribution in [3.05, 3.63) is 0 Å². The van der Waals surface area contributed by atoms with Crippen molar-refractivity contribution >= 4 is 12.0 Å². The molecule has 1 heterocycles. The highest BCUT2D eigenvalue weighted by Crippen LogP contribution is 2.46. The second-order valence-corrected chi connectivity index (χ2v) is 8.37. The molecule has 0 aromatic carbocycles. The highest BCUT2D eigenvalue weighted by Gasteiger charge is 2.43. The number of likely N-dealkylation sites (tertiary alicyclic amines) is 1. The molecule has 1 spiro atoms. The Balaban J connectivity index is 1.53. The summed E-state index contributed by atoms with van der Waals surface area (Å²) in [7, 11) is 0. The van der Waals surface area contributed by atoms with Crippen LogP contribution < -0.4 is 5.32 Å². The summed E-state index contributed by atoms with van der Waals surface area (Å²) in [6, 6.07) is 0.223. The summed E-state index contributed by atoms with van der Waals surface area (Å²) < 4.78 is 0. The van der Waals surface area contributed by atoms with E-state index in [1.54, 1.807) is 0 Å². The molecule has 5 heteroatoms. The molecule has 1 atom stereocenters. The quantitative estimate of drug-likeness (QED) is 0.809. The average Bonchev–Trinajstić information content (AvgIpc) is 2.59. The van der Waals surface area contributed by atoms with Crippen LogP contribution in [-0.2, 0) is 4.79 Å². The zero-order chi connectivity index (χ0) is 17.2. The predicted octanol–water partition coefficient (Wildman–Crippen LogP) is 3.63. The molecule has 1 aliphatic heterocycles. The third-order valence-corrected chi connectivity index (χ3v) is 6.92. The number of nitrogens with zero attached hydrogens (tertiary/aromatic N) is 1. The Labute approximate surface area is 145 Å². The molecule has 3 fully saturated rings. The van der Waals surface area contributed by atoms with Crippen molar-refractivity contribution in [1.82, 2.24) is 10.2 Å². The first-order valence-electron chi connectivity index (χ1n) is 9.78. The summed E-state index contributed by atoms with van der Waals surface area (Å²) in [4.78, 5) is 25.8. The molecule has 0 aromatic rings. The van der Waals surface area contributed by atoms with Crippen LogP contribution in [0.1, 0.15) is 71.1 Å². The van der Waals surface area contributed by atoms with Crippen LogP contribution in [0.3, 0.4) is 0 Å². The Morgan fingerprint density at radius 2 is 1.71 bits per heavy atom. The molecular weight excluding hydrogens is 304 g/mol. The minimum Gasteiger partial charge on any atom is -0.481 e. The van der Waals surface area contributed by atoms with Gasteiger partial charge in [-0.1, -0.05) is 26.2 Å². The van der Waals surface area contributed by atoms with Crippen LogP contribution in [0.15, 0.2) is 0 Å². The monoisotopic (exact) mass is 336 g/mol. The van der Waals surface area contributed by atoms with Gasteiger partial charge in [0.05, 0.1) is 5.92 Å². The van der Waals surface area contributed by atoms with Crippen LogP contribution >= 0.6 is 0 Å². The van der Waals surface area contributed by atoms with Crippen molar-refractivity contribution in [2.45, 2.75) is 77.2 Å². The first-order chi connectivity index (χ1) is 11.5. The Kier molecular flexibility index (Phi) is 5.36. The van der Waals surface area contributed by atoms with Crippen LogP contribution in [0.25, 0.3) is 0 Å². The van der Waals surface area contributed by atoms with Crippen molar-refractivity contribution in [2.75, 3.05) is 13.1 Å². The number of hydrogen-bond donors (Lipinski definition) is 2. The smallest absolute Gasteiger partial charge is 0.317 e. The lowest BCUT2D eigenvalue weighted by Crippen LogP contribution is -2.55. The fraction of sp³-hybridized carbons (Fsp3) is 0.895. The van der Waals surface area contributed by atoms with Crippen molar-refractivity contribution in [1.29, 1.82) is 0 Å². The summed E-state index contributed by atoms with van der Waals surface area (Å²) in [6.07, 6.45) is 10.5. The molecule has 0 radical (unpaired) electrons. The number of carbonyl (C=O) groups excluding carboxylic acids is 1. The summed E-state index contributed by atoms with van der Waals surface area (Å²) in [5.74, 6) is -0.198. The molecule has 2 N–H and O–H groups in total. The predicted molar refractivity (Wildman–Crippen MR) is 92.8 cm³/mol. The average molecular weight is 336 g/mol. The number of carboxylic acids is 1. The maximum Gasteiger partial charge on any atom is 0.317 e. The van der Waals surface area contributed by atoms with Gasteiger partial charge in [0.15, 0.2) is 0 Å².